The first kappa shape index (κ1) is 30.9. The fourth-order valence-corrected chi connectivity index (χ4v) is 5.60. The number of rotatable bonds is 9. The molecule has 4 rings (SSSR count). The average Bonchev–Trinajstić information content (AvgIpc) is 2.86. The van der Waals surface area contributed by atoms with E-state index in [0.717, 1.165) is 5.56 Å². The number of fused-ring (bicyclic) bond motifs is 2. The number of carbonyl (C=O) groups is 1. The molecule has 10 nitrogen and oxygen atoms in total. The molecule has 1 heterocycles. The van der Waals surface area contributed by atoms with Crippen molar-refractivity contribution in [1.29, 1.82) is 0 Å². The molecule has 0 bridgehead atoms. The molecule has 0 saturated carbocycles. The van der Waals surface area contributed by atoms with Gasteiger partial charge in [0.15, 0.2) is 6.54 Å². The SMILES string of the molecule is COc1ccc2c(c1)c(C(=O)[N-]S(=O)(=O)c1ccc(C)cc1)c1cc(OC)ccc1[n+]2CCCS(=O)(=O)[O-].[Y]. The number of benzene rings is 3. The van der Waals surface area contributed by atoms with Crippen LogP contribution in [0.5, 0.6) is 11.5 Å². The van der Waals surface area contributed by atoms with Gasteiger partial charge in [-0.1, -0.05) is 17.7 Å². The van der Waals surface area contributed by atoms with Crippen molar-refractivity contribution in [2.24, 2.45) is 0 Å². The maximum atomic E-state index is 13.6. The molecule has 0 aliphatic heterocycles. The van der Waals surface area contributed by atoms with Gasteiger partial charge in [0.1, 0.15) is 21.5 Å². The van der Waals surface area contributed by atoms with Gasteiger partial charge < -0.3 is 23.5 Å². The Morgan fingerprint density at radius 3 is 1.85 bits per heavy atom. The normalized spacial score (nSPS) is 11.7. The van der Waals surface area contributed by atoms with E-state index in [0.29, 0.717) is 33.3 Å². The number of hydrogen-bond acceptors (Lipinski definition) is 8. The first-order chi connectivity index (χ1) is 17.9. The summed E-state index contributed by atoms with van der Waals surface area (Å²) in [6, 6.07) is 15.8. The molecule has 0 aliphatic carbocycles. The summed E-state index contributed by atoms with van der Waals surface area (Å²) in [4.78, 5) is 13.5. The summed E-state index contributed by atoms with van der Waals surface area (Å²) in [5, 5.41) is 0.672. The molecule has 3 aromatic carbocycles. The van der Waals surface area contributed by atoms with E-state index in [2.05, 4.69) is 4.72 Å². The molecular weight excluding hydrogens is 621 g/mol. The molecule has 0 N–H and O–H groups in total. The Bertz CT molecular complexity index is 1690. The second-order valence-electron chi connectivity index (χ2n) is 8.59. The van der Waals surface area contributed by atoms with Crippen LogP contribution < -0.4 is 14.0 Å². The van der Waals surface area contributed by atoms with E-state index in [9.17, 15) is 26.2 Å². The van der Waals surface area contributed by atoms with Crippen LogP contribution in [0, 0.1) is 6.92 Å². The molecule has 39 heavy (non-hydrogen) atoms. The fraction of sp³-hybridized carbons (Fsp3) is 0.231. The van der Waals surface area contributed by atoms with Crippen molar-refractivity contribution >= 4 is 47.9 Å². The minimum Gasteiger partial charge on any atom is -0.748 e. The number of aryl methyl sites for hydroxylation is 2. The Hall–Kier alpha value is -2.64. The molecule has 203 valence electrons. The van der Waals surface area contributed by atoms with Gasteiger partial charge in [0.25, 0.3) is 0 Å². The van der Waals surface area contributed by atoms with Crippen LogP contribution in [-0.2, 0) is 59.4 Å². The van der Waals surface area contributed by atoms with Gasteiger partial charge in [0.2, 0.25) is 11.0 Å². The monoisotopic (exact) mass is 646 g/mol. The molecule has 13 heteroatoms. The standard InChI is InChI=1S/C26H26N2O8S2.Y/c1-17-5-9-20(10-6-17)38(33,34)27-26(29)25-21-15-18(35-2)7-11-23(21)28(13-4-14-37(30,31)32)24-12-8-19(36-3)16-22(24)25;/h5-12,15-16H,4,13-14H2,1-3H3,(H-,27,29,30,31,32);/p-1. The van der Waals surface area contributed by atoms with Crippen molar-refractivity contribution in [1.82, 2.24) is 0 Å². The van der Waals surface area contributed by atoms with Gasteiger partial charge in [-0.05, 0) is 43.3 Å². The van der Waals surface area contributed by atoms with Gasteiger partial charge in [-0.15, -0.1) is 0 Å². The summed E-state index contributed by atoms with van der Waals surface area (Å²) in [6.45, 7) is 1.95. The molecule has 1 amide bonds. The summed E-state index contributed by atoms with van der Waals surface area (Å²) in [7, 11) is -5.86. The topological polar surface area (TPSA) is 145 Å². The Morgan fingerprint density at radius 2 is 1.38 bits per heavy atom. The van der Waals surface area contributed by atoms with Gasteiger partial charge in [-0.2, -0.15) is 4.57 Å². The van der Waals surface area contributed by atoms with Gasteiger partial charge in [-0.25, -0.2) is 16.8 Å². The van der Waals surface area contributed by atoms with Gasteiger partial charge in [-0.3, -0.25) is 0 Å². The number of aromatic nitrogens is 1. The second-order valence-corrected chi connectivity index (χ2v) is 11.7. The van der Waals surface area contributed by atoms with Crippen LogP contribution in [-0.4, -0.2) is 47.3 Å². The van der Waals surface area contributed by atoms with Crippen LogP contribution in [0.4, 0.5) is 0 Å². The Kier molecular flexibility index (Phi) is 9.71. The predicted octanol–water partition coefficient (Wildman–Crippen LogP) is 3.44. The average molecular weight is 647 g/mol. The van der Waals surface area contributed by atoms with E-state index in [-0.39, 0.29) is 56.1 Å². The van der Waals surface area contributed by atoms with Crippen LogP contribution in [0.2, 0.25) is 0 Å². The van der Waals surface area contributed by atoms with E-state index < -0.39 is 31.8 Å². The molecule has 0 aliphatic rings. The van der Waals surface area contributed by atoms with Crippen molar-refractivity contribution in [3.05, 3.63) is 76.5 Å². The molecule has 4 aromatic rings. The number of ether oxygens (including phenoxy) is 2. The maximum Gasteiger partial charge on any atom is 0.213 e. The predicted molar refractivity (Wildman–Crippen MR) is 140 cm³/mol. The third kappa shape index (κ3) is 6.93. The molecule has 0 saturated heterocycles. The van der Waals surface area contributed by atoms with E-state index in [1.54, 1.807) is 53.1 Å². The minimum absolute atomic E-state index is 0. The number of hydrogen-bond donors (Lipinski definition) is 0. The van der Waals surface area contributed by atoms with Crippen molar-refractivity contribution < 1.29 is 72.9 Å². The molecule has 1 radical (unpaired) electrons. The van der Waals surface area contributed by atoms with E-state index >= 15 is 0 Å². The summed E-state index contributed by atoms with van der Waals surface area (Å²) < 4.78 is 75.8. The summed E-state index contributed by atoms with van der Waals surface area (Å²) in [5.41, 5.74) is 1.86. The molecular formula is C26H25N2O8S2Y-. The Morgan fingerprint density at radius 1 is 0.872 bits per heavy atom. The minimum atomic E-state index is -4.43. The Balaban J connectivity index is 0.00000420. The quantitative estimate of drug-likeness (QED) is 0.153. The van der Waals surface area contributed by atoms with Crippen LogP contribution in [0.15, 0.2) is 65.6 Å². The number of carbonyl (C=O) groups excluding carboxylic acids is 1. The Labute approximate surface area is 252 Å². The number of nitrogens with zero attached hydrogens (tertiary/aromatic N) is 2. The molecule has 0 unspecified atom stereocenters. The summed E-state index contributed by atoms with van der Waals surface area (Å²) in [5.74, 6) is -0.746. The molecule has 0 fully saturated rings. The maximum absolute atomic E-state index is 13.6. The van der Waals surface area contributed by atoms with Crippen LogP contribution >= 0.6 is 0 Å². The van der Waals surface area contributed by atoms with Crippen LogP contribution in [0.25, 0.3) is 26.5 Å². The number of pyridine rings is 1. The van der Waals surface area contributed by atoms with E-state index in [1.807, 2.05) is 6.92 Å². The fourth-order valence-electron chi connectivity index (χ4n) is 4.22. The third-order valence-corrected chi connectivity index (χ3v) is 8.10. The van der Waals surface area contributed by atoms with Crippen molar-refractivity contribution in [2.45, 2.75) is 24.8 Å². The van der Waals surface area contributed by atoms with Crippen molar-refractivity contribution in [3.63, 3.8) is 0 Å². The second kappa shape index (κ2) is 12.3. The largest absolute Gasteiger partial charge is 0.748 e. The van der Waals surface area contributed by atoms with Crippen molar-refractivity contribution in [3.8, 4) is 11.5 Å². The number of sulfonamides is 1. The first-order valence-corrected chi connectivity index (χ1v) is 14.5. The first-order valence-electron chi connectivity index (χ1n) is 11.5. The zero-order chi connectivity index (χ0) is 27.7. The summed E-state index contributed by atoms with van der Waals surface area (Å²) in [6.07, 6.45) is 0.0260. The van der Waals surface area contributed by atoms with Gasteiger partial charge >= 0.3 is 0 Å². The molecule has 0 spiro atoms. The van der Waals surface area contributed by atoms with Gasteiger partial charge in [0.05, 0.1) is 45.9 Å². The third-order valence-electron chi connectivity index (χ3n) is 6.04. The molecule has 1 aromatic heterocycles. The van der Waals surface area contributed by atoms with Crippen molar-refractivity contribution in [2.75, 3.05) is 20.0 Å². The zero-order valence-electron chi connectivity index (χ0n) is 21.4. The number of amides is 1. The number of methoxy groups -OCH3 is 2. The van der Waals surface area contributed by atoms with E-state index in [4.69, 9.17) is 9.47 Å². The smallest absolute Gasteiger partial charge is 0.213 e. The zero-order valence-corrected chi connectivity index (χ0v) is 25.9. The van der Waals surface area contributed by atoms with E-state index in [1.165, 1.54) is 26.4 Å². The molecule has 0 atom stereocenters. The van der Waals surface area contributed by atoms with Crippen LogP contribution in [0.1, 0.15) is 22.3 Å². The summed E-state index contributed by atoms with van der Waals surface area (Å²) >= 11 is 0. The van der Waals surface area contributed by atoms with Gasteiger partial charge in [0, 0.05) is 62.6 Å². The van der Waals surface area contributed by atoms with Crippen LogP contribution in [0.3, 0.4) is 0 Å².